The Morgan fingerprint density at radius 2 is 1.47 bits per heavy atom. The predicted octanol–water partition coefficient (Wildman–Crippen LogP) is 6.53. The molecule has 1 atom stereocenters. The topological polar surface area (TPSA) is 58.2 Å². The maximum atomic E-state index is 14.7. The Morgan fingerprint density at radius 1 is 0.816 bits per heavy atom. The number of nitrogens with one attached hydrogen (secondary N) is 2. The molecule has 3 aromatic carbocycles. The van der Waals surface area contributed by atoms with Crippen molar-refractivity contribution in [1.29, 1.82) is 0 Å². The van der Waals surface area contributed by atoms with E-state index < -0.39 is 65.4 Å². The highest BCUT2D eigenvalue weighted by atomic mass is 19.4. The number of amides is 2. The number of hydrogen-bond acceptors (Lipinski definition) is 2. The summed E-state index contributed by atoms with van der Waals surface area (Å²) in [5, 5.41) is 3.84. The van der Waals surface area contributed by atoms with Crippen molar-refractivity contribution in [2.24, 2.45) is 0 Å². The summed E-state index contributed by atoms with van der Waals surface area (Å²) in [6.45, 7) is -0.681. The molecule has 0 bridgehead atoms. The van der Waals surface area contributed by atoms with Gasteiger partial charge in [0.05, 0.1) is 11.1 Å². The number of rotatable bonds is 7. The normalized spacial score (nSPS) is 13.5. The zero-order valence-electron chi connectivity index (χ0n) is 19.6. The monoisotopic (exact) mass is 544 g/mol. The predicted molar refractivity (Wildman–Crippen MR) is 121 cm³/mol. The fourth-order valence-corrected chi connectivity index (χ4v) is 3.93. The summed E-state index contributed by atoms with van der Waals surface area (Å²) in [7, 11) is 0. The molecule has 0 spiro atoms. The minimum atomic E-state index is -5.18. The molecule has 0 heterocycles. The average Bonchev–Trinajstić information content (AvgIpc) is 2.81. The maximum absolute atomic E-state index is 14.7. The average molecular weight is 544 g/mol. The molecule has 2 amide bonds. The van der Waals surface area contributed by atoms with E-state index in [0.717, 1.165) is 31.2 Å². The Hall–Kier alpha value is -3.96. The second-order valence-electron chi connectivity index (χ2n) is 8.47. The van der Waals surface area contributed by atoms with E-state index in [1.165, 1.54) is 12.1 Å². The van der Waals surface area contributed by atoms with Gasteiger partial charge in [-0.1, -0.05) is 36.4 Å². The summed E-state index contributed by atoms with van der Waals surface area (Å²) in [6.07, 6.45) is -10.4. The van der Waals surface area contributed by atoms with Gasteiger partial charge in [0.2, 0.25) is 0 Å². The van der Waals surface area contributed by atoms with Crippen LogP contribution in [0.15, 0.2) is 66.7 Å². The first-order chi connectivity index (χ1) is 17.6. The van der Waals surface area contributed by atoms with Gasteiger partial charge >= 0.3 is 18.4 Å². The number of hydrogen-bond donors (Lipinski definition) is 2. The van der Waals surface area contributed by atoms with E-state index in [1.54, 1.807) is 23.5 Å². The fourth-order valence-electron chi connectivity index (χ4n) is 3.93. The summed E-state index contributed by atoms with van der Waals surface area (Å²) in [6, 6.07) is 10.9. The summed E-state index contributed by atoms with van der Waals surface area (Å²) in [5.74, 6) is -3.27. The molecule has 202 valence electrons. The first-order valence-electron chi connectivity index (χ1n) is 11.0. The van der Waals surface area contributed by atoms with Crippen LogP contribution in [0.2, 0.25) is 0 Å². The van der Waals surface area contributed by atoms with Crippen LogP contribution in [0.5, 0.6) is 0 Å². The Labute approximate surface area is 211 Å². The highest BCUT2D eigenvalue weighted by molar-refractivity contribution is 5.94. The lowest BCUT2D eigenvalue weighted by Gasteiger charge is -2.37. The minimum Gasteiger partial charge on any atom is -0.329 e. The number of urea groups is 1. The Bertz CT molecular complexity index is 1320. The van der Waals surface area contributed by atoms with Crippen LogP contribution in [0.1, 0.15) is 39.5 Å². The van der Waals surface area contributed by atoms with E-state index in [0.29, 0.717) is 17.7 Å². The molecule has 0 aliphatic rings. The number of carbonyl (C=O) groups is 2. The lowest BCUT2D eigenvalue weighted by Crippen LogP contribution is -2.53. The van der Waals surface area contributed by atoms with Crippen LogP contribution < -0.4 is 10.6 Å². The van der Waals surface area contributed by atoms with Gasteiger partial charge in [0.25, 0.3) is 0 Å². The van der Waals surface area contributed by atoms with Crippen LogP contribution in [-0.4, -0.2) is 24.5 Å². The number of benzene rings is 3. The van der Waals surface area contributed by atoms with Crippen molar-refractivity contribution in [3.63, 3.8) is 0 Å². The Kier molecular flexibility index (Phi) is 8.13. The van der Waals surface area contributed by atoms with Gasteiger partial charge in [-0.25, -0.2) is 13.6 Å². The maximum Gasteiger partial charge on any atom is 0.419 e. The van der Waals surface area contributed by atoms with Crippen LogP contribution in [0.4, 0.5) is 39.9 Å². The Balaban J connectivity index is 2.34. The standard InChI is InChI=1S/C26H20F8N2O2/c1-15(37)17-9-19(11-20(27)10-17)24(13-16-5-3-2-4-6-16,36-23(38)35-14-25(29,30)31)18-7-8-22(28)21(12-18)26(32,33)34/h2-12H,13-14H2,1H3,(H2,35,36,38). The molecule has 3 aromatic rings. The summed E-state index contributed by atoms with van der Waals surface area (Å²) in [4.78, 5) is 24.8. The number of ketones is 1. The van der Waals surface area contributed by atoms with Gasteiger partial charge in [-0.15, -0.1) is 0 Å². The second-order valence-corrected chi connectivity index (χ2v) is 8.47. The molecule has 0 aliphatic carbocycles. The smallest absolute Gasteiger partial charge is 0.329 e. The van der Waals surface area contributed by atoms with Gasteiger partial charge in [-0.05, 0) is 53.9 Å². The van der Waals surface area contributed by atoms with E-state index in [1.807, 2.05) is 0 Å². The van der Waals surface area contributed by atoms with E-state index in [-0.39, 0.29) is 11.1 Å². The lowest BCUT2D eigenvalue weighted by molar-refractivity contribution is -0.140. The molecule has 0 saturated heterocycles. The van der Waals surface area contributed by atoms with Crippen molar-refractivity contribution in [2.75, 3.05) is 6.54 Å². The van der Waals surface area contributed by atoms with Gasteiger partial charge in [0.1, 0.15) is 18.2 Å². The molecule has 2 N–H and O–H groups in total. The van der Waals surface area contributed by atoms with Crippen LogP contribution in [0.3, 0.4) is 0 Å². The summed E-state index contributed by atoms with van der Waals surface area (Å²) >= 11 is 0. The fraction of sp³-hybridized carbons (Fsp3) is 0.231. The molecule has 38 heavy (non-hydrogen) atoms. The van der Waals surface area contributed by atoms with Gasteiger partial charge in [-0.3, -0.25) is 4.79 Å². The molecule has 4 nitrogen and oxygen atoms in total. The Morgan fingerprint density at radius 3 is 2.05 bits per heavy atom. The third kappa shape index (κ3) is 6.87. The summed E-state index contributed by atoms with van der Waals surface area (Å²) < 4.78 is 108. The van der Waals surface area contributed by atoms with E-state index in [9.17, 15) is 44.7 Å². The van der Waals surface area contributed by atoms with E-state index >= 15 is 0 Å². The van der Waals surface area contributed by atoms with Crippen molar-refractivity contribution in [2.45, 2.75) is 31.2 Å². The number of alkyl halides is 6. The zero-order valence-corrected chi connectivity index (χ0v) is 19.6. The van der Waals surface area contributed by atoms with Crippen LogP contribution in [0.25, 0.3) is 0 Å². The van der Waals surface area contributed by atoms with Crippen molar-refractivity contribution < 1.29 is 44.7 Å². The number of Topliss-reactive ketones (excluding diaryl/α,β-unsaturated/α-hetero) is 1. The molecule has 0 aliphatic heterocycles. The molecule has 0 fully saturated rings. The van der Waals surface area contributed by atoms with Crippen LogP contribution in [-0.2, 0) is 18.1 Å². The van der Waals surface area contributed by atoms with Gasteiger partial charge in [0.15, 0.2) is 5.78 Å². The van der Waals surface area contributed by atoms with E-state index in [4.69, 9.17) is 0 Å². The molecule has 0 radical (unpaired) electrons. The molecule has 3 rings (SSSR count). The quantitative estimate of drug-likeness (QED) is 0.262. The third-order valence-electron chi connectivity index (χ3n) is 5.65. The van der Waals surface area contributed by atoms with Crippen molar-refractivity contribution in [1.82, 2.24) is 10.6 Å². The highest BCUT2D eigenvalue weighted by Gasteiger charge is 2.41. The zero-order chi connectivity index (χ0) is 28.3. The first-order valence-corrected chi connectivity index (χ1v) is 11.0. The molecular weight excluding hydrogens is 524 g/mol. The highest BCUT2D eigenvalue weighted by Crippen LogP contribution is 2.39. The molecule has 12 heteroatoms. The number of carbonyl (C=O) groups excluding carboxylic acids is 2. The third-order valence-corrected chi connectivity index (χ3v) is 5.65. The molecule has 0 saturated carbocycles. The lowest BCUT2D eigenvalue weighted by atomic mass is 9.76. The van der Waals surface area contributed by atoms with Crippen molar-refractivity contribution in [3.05, 3.63) is 106 Å². The largest absolute Gasteiger partial charge is 0.419 e. The summed E-state index contributed by atoms with van der Waals surface area (Å²) in [5.41, 5.74) is -4.42. The minimum absolute atomic E-state index is 0.215. The molecule has 0 aromatic heterocycles. The van der Waals surface area contributed by atoms with Crippen LogP contribution in [0, 0.1) is 11.6 Å². The SMILES string of the molecule is CC(=O)c1cc(F)cc(C(Cc2ccccc2)(NC(=O)NCC(F)(F)F)c2ccc(F)c(C(F)(F)F)c2)c1. The van der Waals surface area contributed by atoms with E-state index in [2.05, 4.69) is 5.32 Å². The van der Waals surface area contributed by atoms with Gasteiger partial charge in [-0.2, -0.15) is 26.3 Å². The molecular formula is C26H20F8N2O2. The first kappa shape index (κ1) is 28.6. The molecule has 1 unspecified atom stereocenters. The van der Waals surface area contributed by atoms with Crippen molar-refractivity contribution >= 4 is 11.8 Å². The second kappa shape index (κ2) is 10.8. The van der Waals surface area contributed by atoms with Crippen molar-refractivity contribution in [3.8, 4) is 0 Å². The van der Waals surface area contributed by atoms with Gasteiger partial charge < -0.3 is 10.6 Å². The van der Waals surface area contributed by atoms with Crippen LogP contribution >= 0.6 is 0 Å². The van der Waals surface area contributed by atoms with Gasteiger partial charge in [0, 0.05) is 12.0 Å². The number of halogens is 8.